The minimum absolute atomic E-state index is 0.0752. The van der Waals surface area contributed by atoms with Crippen LogP contribution in [0.5, 0.6) is 5.75 Å². The molecule has 0 bridgehead atoms. The van der Waals surface area contributed by atoms with E-state index in [-0.39, 0.29) is 6.42 Å². The number of halogens is 1. The molecule has 4 heteroatoms. The summed E-state index contributed by atoms with van der Waals surface area (Å²) in [6.45, 7) is 0. The molecule has 1 N–H and O–H groups in total. The second-order valence-electron chi connectivity index (χ2n) is 2.77. The molecule has 1 atom stereocenters. The van der Waals surface area contributed by atoms with Crippen molar-refractivity contribution in [1.29, 1.82) is 5.26 Å². The fourth-order valence-corrected chi connectivity index (χ4v) is 1.61. The van der Waals surface area contributed by atoms with Crippen LogP contribution in [0.25, 0.3) is 0 Å². The van der Waals surface area contributed by atoms with Crippen molar-refractivity contribution < 1.29 is 9.84 Å². The van der Waals surface area contributed by atoms with E-state index >= 15 is 0 Å². The van der Waals surface area contributed by atoms with Gasteiger partial charge in [0.2, 0.25) is 0 Å². The van der Waals surface area contributed by atoms with Crippen molar-refractivity contribution in [2.24, 2.45) is 0 Å². The SMILES string of the molecule is COc1ccc(Br)c(C(O)CC#N)c1. The number of ether oxygens (including phenoxy) is 1. The van der Waals surface area contributed by atoms with Gasteiger partial charge in [-0.2, -0.15) is 5.26 Å². The maximum Gasteiger partial charge on any atom is 0.119 e. The van der Waals surface area contributed by atoms with E-state index in [2.05, 4.69) is 15.9 Å². The largest absolute Gasteiger partial charge is 0.497 e. The Bertz CT molecular complexity index is 360. The number of aliphatic hydroxyl groups excluding tert-OH is 1. The molecule has 74 valence electrons. The molecule has 14 heavy (non-hydrogen) atoms. The number of nitriles is 1. The molecule has 0 radical (unpaired) electrons. The van der Waals surface area contributed by atoms with E-state index in [0.717, 1.165) is 4.47 Å². The standard InChI is InChI=1S/C10H10BrNO2/c1-14-7-2-3-9(11)8(6-7)10(13)4-5-12/h2-3,6,10,13H,4H2,1H3. The quantitative estimate of drug-likeness (QED) is 0.903. The molecule has 0 saturated carbocycles. The van der Waals surface area contributed by atoms with Crippen LogP contribution in [-0.2, 0) is 0 Å². The summed E-state index contributed by atoms with van der Waals surface area (Å²) in [4.78, 5) is 0. The summed E-state index contributed by atoms with van der Waals surface area (Å²) in [7, 11) is 1.56. The molecule has 3 nitrogen and oxygen atoms in total. The molecular weight excluding hydrogens is 246 g/mol. The third-order valence-corrected chi connectivity index (χ3v) is 2.57. The molecule has 1 rings (SSSR count). The summed E-state index contributed by atoms with van der Waals surface area (Å²) >= 11 is 3.31. The Labute approximate surface area is 91.1 Å². The lowest BCUT2D eigenvalue weighted by Gasteiger charge is -2.10. The minimum atomic E-state index is -0.774. The van der Waals surface area contributed by atoms with Crippen LogP contribution < -0.4 is 4.74 Å². The Balaban J connectivity index is 3.00. The molecule has 0 spiro atoms. The monoisotopic (exact) mass is 255 g/mol. The highest BCUT2D eigenvalue weighted by atomic mass is 79.9. The lowest BCUT2D eigenvalue weighted by atomic mass is 10.1. The first-order valence-electron chi connectivity index (χ1n) is 4.07. The number of nitrogens with zero attached hydrogens (tertiary/aromatic N) is 1. The molecule has 0 amide bonds. The molecule has 0 aromatic heterocycles. The van der Waals surface area contributed by atoms with Gasteiger partial charge in [-0.05, 0) is 23.8 Å². The summed E-state index contributed by atoms with van der Waals surface area (Å²) < 4.78 is 5.80. The molecule has 0 heterocycles. The van der Waals surface area contributed by atoms with Crippen molar-refractivity contribution in [3.05, 3.63) is 28.2 Å². The molecule has 0 fully saturated rings. The second-order valence-corrected chi connectivity index (χ2v) is 3.62. The molecule has 0 aliphatic rings. The van der Waals surface area contributed by atoms with E-state index in [1.54, 1.807) is 25.3 Å². The summed E-state index contributed by atoms with van der Waals surface area (Å²) in [6, 6.07) is 7.20. The van der Waals surface area contributed by atoms with Gasteiger partial charge in [0.1, 0.15) is 5.75 Å². The first-order chi connectivity index (χ1) is 6.69. The zero-order valence-corrected chi connectivity index (χ0v) is 9.28. The van der Waals surface area contributed by atoms with Crippen molar-refractivity contribution in [3.63, 3.8) is 0 Å². The van der Waals surface area contributed by atoms with Crippen molar-refractivity contribution in [1.82, 2.24) is 0 Å². The van der Waals surface area contributed by atoms with Crippen LogP contribution in [0, 0.1) is 11.3 Å². The van der Waals surface area contributed by atoms with Crippen molar-refractivity contribution >= 4 is 15.9 Å². The second kappa shape index (κ2) is 4.99. The Morgan fingerprint density at radius 3 is 2.93 bits per heavy atom. The molecule has 1 aromatic carbocycles. The smallest absolute Gasteiger partial charge is 0.119 e. The number of aliphatic hydroxyl groups is 1. The number of rotatable bonds is 3. The van der Waals surface area contributed by atoms with E-state index < -0.39 is 6.10 Å². The summed E-state index contributed by atoms with van der Waals surface area (Å²) in [5.74, 6) is 0.667. The van der Waals surface area contributed by atoms with Crippen molar-refractivity contribution in [3.8, 4) is 11.8 Å². The summed E-state index contributed by atoms with van der Waals surface area (Å²) in [6.07, 6.45) is -0.698. The zero-order valence-electron chi connectivity index (χ0n) is 7.70. The highest BCUT2D eigenvalue weighted by Crippen LogP contribution is 2.28. The maximum absolute atomic E-state index is 9.61. The third-order valence-electron chi connectivity index (χ3n) is 1.85. The van der Waals surface area contributed by atoms with Crippen LogP contribution in [0.2, 0.25) is 0 Å². The van der Waals surface area contributed by atoms with Gasteiger partial charge in [-0.3, -0.25) is 0 Å². The number of benzene rings is 1. The lowest BCUT2D eigenvalue weighted by Crippen LogP contribution is -1.98. The fourth-order valence-electron chi connectivity index (χ4n) is 1.10. The first-order valence-corrected chi connectivity index (χ1v) is 4.86. The van der Waals surface area contributed by atoms with Crippen LogP contribution in [0.3, 0.4) is 0 Å². The molecule has 0 aliphatic carbocycles. The topological polar surface area (TPSA) is 53.2 Å². The van der Waals surface area contributed by atoms with Gasteiger partial charge in [0.15, 0.2) is 0 Å². The average Bonchev–Trinajstić information content (AvgIpc) is 2.19. The van der Waals surface area contributed by atoms with Crippen LogP contribution in [0.15, 0.2) is 22.7 Å². The molecule has 1 unspecified atom stereocenters. The Hall–Kier alpha value is -1.05. The van der Waals surface area contributed by atoms with Gasteiger partial charge in [0, 0.05) is 4.47 Å². The van der Waals surface area contributed by atoms with E-state index in [0.29, 0.717) is 11.3 Å². The maximum atomic E-state index is 9.61. The van der Waals surface area contributed by atoms with Gasteiger partial charge in [-0.25, -0.2) is 0 Å². The minimum Gasteiger partial charge on any atom is -0.497 e. The number of hydrogen-bond acceptors (Lipinski definition) is 3. The predicted molar refractivity (Wildman–Crippen MR) is 55.9 cm³/mol. The van der Waals surface area contributed by atoms with Crippen molar-refractivity contribution in [2.75, 3.05) is 7.11 Å². The Morgan fingerprint density at radius 1 is 1.64 bits per heavy atom. The van der Waals surface area contributed by atoms with Gasteiger partial charge < -0.3 is 9.84 Å². The summed E-state index contributed by atoms with van der Waals surface area (Å²) in [5, 5.41) is 18.1. The van der Waals surface area contributed by atoms with Gasteiger partial charge in [0.25, 0.3) is 0 Å². The van der Waals surface area contributed by atoms with Gasteiger partial charge in [-0.1, -0.05) is 15.9 Å². The first kappa shape index (κ1) is 11.0. The van der Waals surface area contributed by atoms with E-state index in [1.165, 1.54) is 0 Å². The number of methoxy groups -OCH3 is 1. The van der Waals surface area contributed by atoms with Crippen LogP contribution in [0.1, 0.15) is 18.1 Å². The average molecular weight is 256 g/mol. The van der Waals surface area contributed by atoms with Crippen LogP contribution >= 0.6 is 15.9 Å². The predicted octanol–water partition coefficient (Wildman–Crippen LogP) is 2.40. The van der Waals surface area contributed by atoms with Gasteiger partial charge in [0.05, 0.1) is 25.7 Å². The van der Waals surface area contributed by atoms with Crippen molar-refractivity contribution in [2.45, 2.75) is 12.5 Å². The molecule has 1 aromatic rings. The van der Waals surface area contributed by atoms with Gasteiger partial charge >= 0.3 is 0 Å². The lowest BCUT2D eigenvalue weighted by molar-refractivity contribution is 0.182. The highest BCUT2D eigenvalue weighted by molar-refractivity contribution is 9.10. The van der Waals surface area contributed by atoms with E-state index in [9.17, 15) is 5.11 Å². The van der Waals surface area contributed by atoms with E-state index in [1.807, 2.05) is 6.07 Å². The third kappa shape index (κ3) is 2.47. The number of hydrogen-bond donors (Lipinski definition) is 1. The van der Waals surface area contributed by atoms with Crippen LogP contribution in [0.4, 0.5) is 0 Å². The molecule has 0 aliphatic heterocycles. The Morgan fingerprint density at radius 2 is 2.36 bits per heavy atom. The highest BCUT2D eigenvalue weighted by Gasteiger charge is 2.11. The summed E-state index contributed by atoms with van der Waals surface area (Å²) in [5.41, 5.74) is 0.672. The molecule has 0 saturated heterocycles. The molecular formula is C10H10BrNO2. The Kier molecular flexibility index (Phi) is 3.93. The van der Waals surface area contributed by atoms with Gasteiger partial charge in [-0.15, -0.1) is 0 Å². The van der Waals surface area contributed by atoms with E-state index in [4.69, 9.17) is 10.00 Å². The fraction of sp³-hybridized carbons (Fsp3) is 0.300. The zero-order chi connectivity index (χ0) is 10.6. The normalized spacial score (nSPS) is 11.9. The van der Waals surface area contributed by atoms with Crippen LogP contribution in [-0.4, -0.2) is 12.2 Å².